The van der Waals surface area contributed by atoms with Crippen LogP contribution in [0.2, 0.25) is 10.0 Å². The molecule has 1 aliphatic rings. The van der Waals surface area contributed by atoms with Crippen molar-refractivity contribution >= 4 is 158 Å². The molecule has 12 aromatic carbocycles. The van der Waals surface area contributed by atoms with Crippen LogP contribution in [-0.4, -0.2) is 48.2 Å². The van der Waals surface area contributed by atoms with Gasteiger partial charge < -0.3 is 37.2 Å². The fourth-order valence-corrected chi connectivity index (χ4v) is 19.5. The van der Waals surface area contributed by atoms with E-state index in [9.17, 15) is 0 Å². The van der Waals surface area contributed by atoms with Gasteiger partial charge >= 0.3 is 7.12 Å². The van der Waals surface area contributed by atoms with Gasteiger partial charge in [-0.1, -0.05) is 259 Å². The number of hydrogen-bond donors (Lipinski definition) is 5. The highest BCUT2D eigenvalue weighted by molar-refractivity contribution is 9.11. The number of aryl methyl sites for hydroxylation is 5. The maximum atomic E-state index is 6.37. The largest absolute Gasteiger partial charge is 0.494 e. The monoisotopic (exact) mass is 1880 g/mol. The second-order valence-corrected chi connectivity index (χ2v) is 38.0. The van der Waals surface area contributed by atoms with Gasteiger partial charge in [0.05, 0.1) is 68.0 Å². The third kappa shape index (κ3) is 22.0. The molecular formula is C102H87BBr2Cl2N10O2S5. The number of nitrogens with zero attached hydrogens (tertiary/aromatic N) is 5. The molecule has 0 aliphatic carbocycles. The lowest BCUT2D eigenvalue weighted by molar-refractivity contribution is 0.00578. The molecule has 6 aromatic heterocycles. The Balaban J connectivity index is 0.000000123. The molecule has 0 saturated carbocycles. The number of nitrogens with two attached hydrogens (primary N) is 4. The van der Waals surface area contributed by atoms with Crippen LogP contribution in [0, 0.1) is 46.5 Å². The van der Waals surface area contributed by atoms with E-state index in [0.29, 0.717) is 10.7 Å². The van der Waals surface area contributed by atoms with Crippen molar-refractivity contribution in [3.63, 3.8) is 0 Å². The lowest BCUT2D eigenvalue weighted by Crippen LogP contribution is -2.41. The number of nitrogens with one attached hydrogen (secondary N) is 1. The van der Waals surface area contributed by atoms with Gasteiger partial charge in [-0.2, -0.15) is 0 Å². The number of hydrogen-bond acceptors (Lipinski definition) is 16. The first kappa shape index (κ1) is 88.9. The Bertz CT molecular complexity index is 6720. The second-order valence-electron chi connectivity index (χ2n) is 30.1. The van der Waals surface area contributed by atoms with Gasteiger partial charge in [0, 0.05) is 93.3 Å². The van der Waals surface area contributed by atoms with Crippen LogP contribution in [0.3, 0.4) is 0 Å². The Hall–Kier alpha value is -11.4. The number of benzene rings is 12. The zero-order chi connectivity index (χ0) is 87.2. The number of anilines is 4. The first-order chi connectivity index (χ1) is 59.8. The average molecular weight is 1890 g/mol. The maximum absolute atomic E-state index is 6.37. The highest BCUT2D eigenvalue weighted by atomic mass is 79.9. The molecule has 0 atom stereocenters. The number of halogens is 4. The summed E-state index contributed by atoms with van der Waals surface area (Å²) in [5.41, 5.74) is 47.0. The Morgan fingerprint density at radius 2 is 0.702 bits per heavy atom. The van der Waals surface area contributed by atoms with E-state index in [1.54, 1.807) is 56.7 Å². The topological polar surface area (TPSA) is 203 Å². The summed E-state index contributed by atoms with van der Waals surface area (Å²) in [6.45, 7) is 18.4. The molecule has 18 aromatic rings. The molecule has 618 valence electrons. The fraction of sp³-hybridized carbons (Fsp3) is 0.108. The van der Waals surface area contributed by atoms with Gasteiger partial charge in [0.2, 0.25) is 0 Å². The Morgan fingerprint density at radius 3 is 1.13 bits per heavy atom. The molecule has 22 heteroatoms. The lowest BCUT2D eigenvalue weighted by Gasteiger charge is -2.32. The summed E-state index contributed by atoms with van der Waals surface area (Å²) in [6.07, 6.45) is 0. The number of fused-ring (bicyclic) bond motifs is 1. The number of rotatable bonds is 11. The molecule has 1 aliphatic heterocycles. The fourth-order valence-electron chi connectivity index (χ4n) is 13.1. The van der Waals surface area contributed by atoms with Gasteiger partial charge in [0.1, 0.15) is 25.0 Å². The Kier molecular flexibility index (Phi) is 29.0. The molecule has 0 bridgehead atoms. The standard InChI is InChI=1S/2C24H17ClN2S.C16H13BrN2S.C16H14N2S.C12H18BNO2.C10H8BrNS/c1-15-23(28-24(26-15)16-7-3-2-4-8-16)17-11-12-21-18(13-17)14-22(27-21)19-9-5-6-10-20(19)25;1-16-23(28-24(27-16)18-8-3-2-4-9-18)20-13-14-22(26)19(15-20)12-11-17-7-5-6-10-21(17)25;1-10-15(12-7-8-14(18)13(17)9-12)20-16(19-10)11-5-3-2-4-6-11;1-11-15(12-7-9-14(17)10-8-12)19-16(18-11)13-5-3-2-4-6-13;1-11(2)12(3,4)16-13(15-11)9-5-7-10(14)8-6-9;1-7-9(11)13-10(12-7)8-5-3-2-4-6-8/h2-14,27H,1H3;2-10,13-15H,26H2,1H3;2-9H,18H2,1H3;2-10H,17H2,1H3;5-8H,14H2,1-4H3;2-6H,1H3. The van der Waals surface area contributed by atoms with Crippen LogP contribution < -0.4 is 28.4 Å². The normalized spacial score (nSPS) is 12.2. The summed E-state index contributed by atoms with van der Waals surface area (Å²) in [6, 6.07) is 103. The molecule has 0 radical (unpaired) electrons. The number of thiazole rings is 5. The highest BCUT2D eigenvalue weighted by Gasteiger charge is 2.51. The van der Waals surface area contributed by atoms with Gasteiger partial charge in [0.15, 0.2) is 0 Å². The van der Waals surface area contributed by atoms with Crippen LogP contribution in [0.5, 0.6) is 0 Å². The molecule has 9 N–H and O–H groups in total. The zero-order valence-electron chi connectivity index (χ0n) is 69.4. The molecule has 124 heavy (non-hydrogen) atoms. The van der Waals surface area contributed by atoms with Gasteiger partial charge in [-0.15, -0.1) is 56.7 Å². The third-order valence-electron chi connectivity index (χ3n) is 20.5. The first-order valence-electron chi connectivity index (χ1n) is 39.7. The molecule has 12 nitrogen and oxygen atoms in total. The first-order valence-corrected chi connectivity index (χ1v) is 46.2. The Morgan fingerprint density at radius 1 is 0.347 bits per heavy atom. The molecule has 0 amide bonds. The zero-order valence-corrected chi connectivity index (χ0v) is 78.2. The van der Waals surface area contributed by atoms with Gasteiger partial charge in [-0.05, 0) is 207 Å². The van der Waals surface area contributed by atoms with Crippen molar-refractivity contribution in [2.24, 2.45) is 0 Å². The average Bonchev–Trinajstić information content (AvgIpc) is 1.63. The van der Waals surface area contributed by atoms with Crippen LogP contribution in [-0.2, 0) is 9.31 Å². The summed E-state index contributed by atoms with van der Waals surface area (Å²) in [4.78, 5) is 31.6. The highest BCUT2D eigenvalue weighted by Crippen LogP contribution is 2.43. The summed E-state index contributed by atoms with van der Waals surface area (Å²) in [5.74, 6) is 6.28. The van der Waals surface area contributed by atoms with E-state index < -0.39 is 0 Å². The van der Waals surface area contributed by atoms with Crippen LogP contribution in [0.4, 0.5) is 22.7 Å². The quantitative estimate of drug-likeness (QED) is 0.0468. The lowest BCUT2D eigenvalue weighted by atomic mass is 9.79. The van der Waals surface area contributed by atoms with Crippen molar-refractivity contribution in [1.82, 2.24) is 29.9 Å². The summed E-state index contributed by atoms with van der Waals surface area (Å²) >= 11 is 28.0. The maximum Gasteiger partial charge on any atom is 0.494 e. The van der Waals surface area contributed by atoms with Crippen LogP contribution in [0.15, 0.2) is 318 Å². The van der Waals surface area contributed by atoms with E-state index in [-0.39, 0.29) is 18.3 Å². The van der Waals surface area contributed by atoms with Gasteiger partial charge in [0.25, 0.3) is 0 Å². The molecular weight excluding hydrogens is 1800 g/mol. The molecule has 7 heterocycles. The predicted molar refractivity (Wildman–Crippen MR) is 538 cm³/mol. The minimum absolute atomic E-state index is 0.293. The van der Waals surface area contributed by atoms with E-state index >= 15 is 0 Å². The van der Waals surface area contributed by atoms with E-state index in [1.807, 2.05) is 273 Å². The van der Waals surface area contributed by atoms with Crippen molar-refractivity contribution in [3.05, 3.63) is 367 Å². The van der Waals surface area contributed by atoms with Gasteiger partial charge in [-0.25, -0.2) is 24.9 Å². The smallest absolute Gasteiger partial charge is 0.399 e. The number of nitrogen functional groups attached to an aromatic ring is 4. The number of H-pyrrole nitrogens is 1. The van der Waals surface area contributed by atoms with Crippen molar-refractivity contribution in [2.45, 2.75) is 73.5 Å². The van der Waals surface area contributed by atoms with Crippen molar-refractivity contribution in [1.29, 1.82) is 0 Å². The Labute approximate surface area is 771 Å². The summed E-state index contributed by atoms with van der Waals surface area (Å²) < 4.78 is 13.9. The van der Waals surface area contributed by atoms with Crippen molar-refractivity contribution < 1.29 is 9.31 Å². The number of aromatic amines is 1. The van der Waals surface area contributed by atoms with E-state index in [4.69, 9.17) is 65.4 Å². The van der Waals surface area contributed by atoms with E-state index in [1.165, 1.54) is 36.7 Å². The number of aromatic nitrogens is 6. The molecule has 0 unspecified atom stereocenters. The molecule has 1 fully saturated rings. The predicted octanol–water partition coefficient (Wildman–Crippen LogP) is 29.0. The third-order valence-corrected chi connectivity index (χ3v) is 28.9. The van der Waals surface area contributed by atoms with E-state index in [2.05, 4.69) is 162 Å². The van der Waals surface area contributed by atoms with Crippen molar-refractivity contribution in [3.8, 4) is 118 Å². The molecule has 0 spiro atoms. The van der Waals surface area contributed by atoms with Crippen LogP contribution in [0.25, 0.3) is 117 Å². The molecule has 1 saturated heterocycles. The van der Waals surface area contributed by atoms with Crippen LogP contribution in [0.1, 0.15) is 67.3 Å². The van der Waals surface area contributed by atoms with Crippen LogP contribution >= 0.6 is 112 Å². The van der Waals surface area contributed by atoms with Crippen molar-refractivity contribution in [2.75, 3.05) is 22.9 Å². The second kappa shape index (κ2) is 40.5. The minimum Gasteiger partial charge on any atom is -0.399 e. The van der Waals surface area contributed by atoms with E-state index in [0.717, 1.165) is 155 Å². The SMILES string of the molecule is CC1(C)OB(c2ccc(N)cc2)OC1(C)C.Cc1nc(-c2ccccc2)sc1-c1ccc(N)c(Br)c1.Cc1nc(-c2ccccc2)sc1-c1ccc(N)c(C#Cc2ccccc2Cl)c1.Cc1nc(-c2ccccc2)sc1-c1ccc(N)cc1.Cc1nc(-c2ccccc2)sc1-c1ccc2[nH]c(-c3ccccc3Cl)cc2c1.Cc1nc(-c2ccccc2)sc1Br. The minimum atomic E-state index is -0.300. The summed E-state index contributed by atoms with van der Waals surface area (Å²) in [7, 11) is -0.300. The van der Waals surface area contributed by atoms with Gasteiger partial charge in [-0.3, -0.25) is 0 Å². The molecule has 19 rings (SSSR count). The summed E-state index contributed by atoms with van der Waals surface area (Å²) in [5, 5.41) is 7.80.